The second-order valence-electron chi connectivity index (χ2n) is 5.40. The lowest BCUT2D eigenvalue weighted by molar-refractivity contribution is 0.173. The van der Waals surface area contributed by atoms with Crippen molar-refractivity contribution in [2.24, 2.45) is 0 Å². The van der Waals surface area contributed by atoms with Crippen LogP contribution < -0.4 is 4.90 Å². The molecule has 104 valence electrons. The normalized spacial score (nSPS) is 15.8. The van der Waals surface area contributed by atoms with Crippen LogP contribution in [0.1, 0.15) is 37.0 Å². The van der Waals surface area contributed by atoms with Gasteiger partial charge in [-0.15, -0.1) is 0 Å². The topological polar surface area (TPSA) is 23.5 Å². The summed E-state index contributed by atoms with van der Waals surface area (Å²) in [5.41, 5.74) is 4.96. The second kappa shape index (κ2) is 5.68. The van der Waals surface area contributed by atoms with E-state index in [1.54, 1.807) is 0 Å². The lowest BCUT2D eigenvalue weighted by Crippen LogP contribution is -2.24. The summed E-state index contributed by atoms with van der Waals surface area (Å²) in [4.78, 5) is 2.38. The number of hydrogen-bond acceptors (Lipinski definition) is 2. The molecule has 0 fully saturated rings. The zero-order valence-corrected chi connectivity index (χ0v) is 11.9. The summed E-state index contributed by atoms with van der Waals surface area (Å²) < 4.78 is 0. The highest BCUT2D eigenvalue weighted by Gasteiger charge is 2.17. The van der Waals surface area contributed by atoms with E-state index < -0.39 is 0 Å². The smallest absolute Gasteiger partial charge is 0.0787 e. The molecule has 0 aromatic heterocycles. The minimum atomic E-state index is -0.349. The minimum absolute atomic E-state index is 0.349. The van der Waals surface area contributed by atoms with Gasteiger partial charge in [0.05, 0.1) is 6.10 Å². The Morgan fingerprint density at radius 2 is 1.85 bits per heavy atom. The first-order valence-electron chi connectivity index (χ1n) is 7.43. The van der Waals surface area contributed by atoms with Crippen LogP contribution in [-0.2, 0) is 6.42 Å². The SMILES string of the molecule is CC[C@H](O)c1ccc(N2CCCc3ccccc32)cc1. The first-order valence-corrected chi connectivity index (χ1v) is 7.43. The van der Waals surface area contributed by atoms with Gasteiger partial charge in [0, 0.05) is 17.9 Å². The molecule has 3 rings (SSSR count). The molecule has 2 aromatic carbocycles. The fourth-order valence-corrected chi connectivity index (χ4v) is 2.91. The van der Waals surface area contributed by atoms with E-state index >= 15 is 0 Å². The number of fused-ring (bicyclic) bond motifs is 1. The quantitative estimate of drug-likeness (QED) is 0.900. The van der Waals surface area contributed by atoms with Gasteiger partial charge in [-0.2, -0.15) is 0 Å². The summed E-state index contributed by atoms with van der Waals surface area (Å²) in [5.74, 6) is 0. The summed E-state index contributed by atoms with van der Waals surface area (Å²) in [7, 11) is 0. The van der Waals surface area contributed by atoms with Crippen molar-refractivity contribution in [3.63, 3.8) is 0 Å². The van der Waals surface area contributed by atoms with E-state index in [9.17, 15) is 5.11 Å². The van der Waals surface area contributed by atoms with Crippen molar-refractivity contribution in [3.8, 4) is 0 Å². The van der Waals surface area contributed by atoms with E-state index in [-0.39, 0.29) is 6.10 Å². The Morgan fingerprint density at radius 3 is 2.60 bits per heavy atom. The number of anilines is 2. The lowest BCUT2D eigenvalue weighted by Gasteiger charge is -2.31. The standard InChI is InChI=1S/C18H21NO/c1-2-18(20)15-9-11-16(12-10-15)19-13-5-7-14-6-3-4-8-17(14)19/h3-4,6,8-12,18,20H,2,5,7,13H2,1H3/t18-/m0/s1. The molecule has 1 atom stereocenters. The molecular weight excluding hydrogens is 246 g/mol. The van der Waals surface area contributed by atoms with Gasteiger partial charge in [-0.1, -0.05) is 37.3 Å². The minimum Gasteiger partial charge on any atom is -0.388 e. The molecule has 0 radical (unpaired) electrons. The number of nitrogens with zero attached hydrogens (tertiary/aromatic N) is 1. The molecule has 2 aromatic rings. The predicted molar refractivity (Wildman–Crippen MR) is 83.5 cm³/mol. The molecule has 0 spiro atoms. The van der Waals surface area contributed by atoms with Crippen molar-refractivity contribution < 1.29 is 5.11 Å². The highest BCUT2D eigenvalue weighted by Crippen LogP contribution is 2.33. The fourth-order valence-electron chi connectivity index (χ4n) is 2.91. The van der Waals surface area contributed by atoms with Crippen LogP contribution in [0.2, 0.25) is 0 Å². The number of aryl methyl sites for hydroxylation is 1. The number of rotatable bonds is 3. The predicted octanol–water partition coefficient (Wildman–Crippen LogP) is 4.21. The van der Waals surface area contributed by atoms with Crippen LogP contribution in [0.15, 0.2) is 48.5 Å². The Labute approximate surface area is 120 Å². The second-order valence-corrected chi connectivity index (χ2v) is 5.40. The number of hydrogen-bond donors (Lipinski definition) is 1. The molecule has 0 saturated carbocycles. The Kier molecular flexibility index (Phi) is 3.75. The van der Waals surface area contributed by atoms with Crippen LogP contribution in [0.5, 0.6) is 0 Å². The van der Waals surface area contributed by atoms with Gasteiger partial charge in [-0.05, 0) is 48.6 Å². The number of aliphatic hydroxyl groups is 1. The zero-order chi connectivity index (χ0) is 13.9. The van der Waals surface area contributed by atoms with Gasteiger partial charge in [0.2, 0.25) is 0 Å². The van der Waals surface area contributed by atoms with Crippen molar-refractivity contribution in [1.29, 1.82) is 0 Å². The first-order chi connectivity index (χ1) is 9.79. The largest absolute Gasteiger partial charge is 0.388 e. The van der Waals surface area contributed by atoms with Gasteiger partial charge < -0.3 is 10.0 Å². The summed E-state index contributed by atoms with van der Waals surface area (Å²) in [5, 5.41) is 9.87. The summed E-state index contributed by atoms with van der Waals surface area (Å²) >= 11 is 0. The highest BCUT2D eigenvalue weighted by molar-refractivity contribution is 5.67. The molecule has 0 unspecified atom stereocenters. The summed E-state index contributed by atoms with van der Waals surface area (Å²) in [6, 6.07) is 17.0. The van der Waals surface area contributed by atoms with Crippen LogP contribution in [0, 0.1) is 0 Å². The van der Waals surface area contributed by atoms with E-state index in [0.717, 1.165) is 18.5 Å². The van der Waals surface area contributed by atoms with Crippen molar-refractivity contribution in [2.45, 2.75) is 32.3 Å². The molecule has 1 aliphatic rings. The van der Waals surface area contributed by atoms with E-state index in [2.05, 4.69) is 41.3 Å². The highest BCUT2D eigenvalue weighted by atomic mass is 16.3. The average Bonchev–Trinajstić information content (AvgIpc) is 2.54. The third-order valence-corrected chi connectivity index (χ3v) is 4.09. The van der Waals surface area contributed by atoms with Gasteiger partial charge in [-0.3, -0.25) is 0 Å². The Morgan fingerprint density at radius 1 is 1.10 bits per heavy atom. The Bertz CT molecular complexity index is 576. The third kappa shape index (κ3) is 2.44. The van der Waals surface area contributed by atoms with Crippen molar-refractivity contribution in [2.75, 3.05) is 11.4 Å². The molecule has 0 bridgehead atoms. The van der Waals surface area contributed by atoms with Crippen molar-refractivity contribution >= 4 is 11.4 Å². The maximum Gasteiger partial charge on any atom is 0.0787 e. The monoisotopic (exact) mass is 267 g/mol. The van der Waals surface area contributed by atoms with Crippen LogP contribution >= 0.6 is 0 Å². The van der Waals surface area contributed by atoms with Crippen LogP contribution in [0.25, 0.3) is 0 Å². The zero-order valence-electron chi connectivity index (χ0n) is 11.9. The van der Waals surface area contributed by atoms with Gasteiger partial charge in [-0.25, -0.2) is 0 Å². The van der Waals surface area contributed by atoms with Crippen LogP contribution in [0.4, 0.5) is 11.4 Å². The molecule has 2 nitrogen and oxygen atoms in total. The number of benzene rings is 2. The van der Waals surface area contributed by atoms with Gasteiger partial charge >= 0.3 is 0 Å². The van der Waals surface area contributed by atoms with Crippen LogP contribution in [0.3, 0.4) is 0 Å². The molecule has 1 heterocycles. The van der Waals surface area contributed by atoms with Crippen molar-refractivity contribution in [3.05, 3.63) is 59.7 Å². The van der Waals surface area contributed by atoms with Crippen molar-refractivity contribution in [1.82, 2.24) is 0 Å². The van der Waals surface area contributed by atoms with Gasteiger partial charge in [0.15, 0.2) is 0 Å². The Hall–Kier alpha value is -1.80. The number of aliphatic hydroxyl groups excluding tert-OH is 1. The maximum absolute atomic E-state index is 9.87. The molecule has 0 aliphatic carbocycles. The van der Waals surface area contributed by atoms with E-state index in [1.165, 1.54) is 29.8 Å². The molecule has 0 amide bonds. The lowest BCUT2D eigenvalue weighted by atomic mass is 10.0. The number of para-hydroxylation sites is 1. The molecule has 1 aliphatic heterocycles. The first kappa shape index (κ1) is 13.2. The molecule has 20 heavy (non-hydrogen) atoms. The fraction of sp³-hybridized carbons (Fsp3) is 0.333. The molecule has 0 saturated heterocycles. The van der Waals surface area contributed by atoms with Gasteiger partial charge in [0.25, 0.3) is 0 Å². The Balaban J connectivity index is 1.91. The third-order valence-electron chi connectivity index (χ3n) is 4.09. The van der Waals surface area contributed by atoms with Crippen LogP contribution in [-0.4, -0.2) is 11.7 Å². The van der Waals surface area contributed by atoms with Gasteiger partial charge in [0.1, 0.15) is 0 Å². The maximum atomic E-state index is 9.87. The molecular formula is C18H21NO. The molecule has 2 heteroatoms. The molecule has 1 N–H and O–H groups in total. The van der Waals surface area contributed by atoms with E-state index in [1.807, 2.05) is 19.1 Å². The summed E-state index contributed by atoms with van der Waals surface area (Å²) in [6.45, 7) is 3.06. The van der Waals surface area contributed by atoms with E-state index in [0.29, 0.717) is 0 Å². The average molecular weight is 267 g/mol. The summed E-state index contributed by atoms with van der Waals surface area (Å²) in [6.07, 6.45) is 2.76. The van der Waals surface area contributed by atoms with E-state index in [4.69, 9.17) is 0 Å².